The summed E-state index contributed by atoms with van der Waals surface area (Å²) in [7, 11) is 0. The molecule has 3 N–H and O–H groups in total. The van der Waals surface area contributed by atoms with Crippen molar-refractivity contribution in [2.24, 2.45) is 5.92 Å². The van der Waals surface area contributed by atoms with Gasteiger partial charge in [-0.3, -0.25) is 19.7 Å². The monoisotopic (exact) mass is 384 g/mol. The highest BCUT2D eigenvalue weighted by Crippen LogP contribution is 2.28. The third-order valence-corrected chi connectivity index (χ3v) is 6.16. The second-order valence-electron chi connectivity index (χ2n) is 8.09. The van der Waals surface area contributed by atoms with E-state index in [-0.39, 0.29) is 24.1 Å². The predicted molar refractivity (Wildman–Crippen MR) is 104 cm³/mol. The molecule has 3 aliphatic rings. The maximum atomic E-state index is 12.8. The third kappa shape index (κ3) is 3.69. The maximum absolute atomic E-state index is 12.8. The molecule has 1 unspecified atom stereocenters. The van der Waals surface area contributed by atoms with E-state index in [2.05, 4.69) is 28.9 Å². The number of amides is 3. The van der Waals surface area contributed by atoms with Gasteiger partial charge in [0.1, 0.15) is 6.04 Å². The van der Waals surface area contributed by atoms with Gasteiger partial charge in [-0.1, -0.05) is 25.5 Å². The van der Waals surface area contributed by atoms with Crippen LogP contribution in [0.2, 0.25) is 0 Å². The van der Waals surface area contributed by atoms with Gasteiger partial charge in [-0.25, -0.2) is 0 Å². The van der Waals surface area contributed by atoms with E-state index in [9.17, 15) is 14.4 Å². The summed E-state index contributed by atoms with van der Waals surface area (Å²) >= 11 is 0. The van der Waals surface area contributed by atoms with E-state index in [1.165, 1.54) is 12.8 Å². The van der Waals surface area contributed by atoms with Crippen molar-refractivity contribution in [2.75, 3.05) is 13.1 Å². The van der Waals surface area contributed by atoms with Crippen molar-refractivity contribution < 1.29 is 14.4 Å². The molecule has 3 atom stereocenters. The largest absolute Gasteiger partial charge is 0.322 e. The van der Waals surface area contributed by atoms with Gasteiger partial charge in [-0.05, 0) is 42.5 Å². The van der Waals surface area contributed by atoms with Crippen LogP contribution in [-0.4, -0.2) is 47.8 Å². The van der Waals surface area contributed by atoms with Crippen molar-refractivity contribution in [1.82, 2.24) is 20.9 Å². The summed E-state index contributed by atoms with van der Waals surface area (Å²) in [4.78, 5) is 37.9. The molecule has 0 radical (unpaired) electrons. The Labute approximate surface area is 165 Å². The summed E-state index contributed by atoms with van der Waals surface area (Å²) in [6, 6.07) is 5.86. The SMILES string of the molecule is CCC[C@@H]1CNC[C@@H]1NCc1ccc2c(c1)CN(C1CCC(=O)NC1=O)C2=O. The van der Waals surface area contributed by atoms with Crippen molar-refractivity contribution in [3.8, 4) is 0 Å². The first-order chi connectivity index (χ1) is 13.6. The van der Waals surface area contributed by atoms with Crippen LogP contribution in [0, 0.1) is 5.92 Å². The number of hydrogen-bond acceptors (Lipinski definition) is 5. The van der Waals surface area contributed by atoms with E-state index in [0.29, 0.717) is 30.5 Å². The Morgan fingerprint density at radius 1 is 1.21 bits per heavy atom. The maximum Gasteiger partial charge on any atom is 0.255 e. The number of piperidine rings is 1. The Hall–Kier alpha value is -2.25. The fraction of sp³-hybridized carbons (Fsp3) is 0.571. The van der Waals surface area contributed by atoms with E-state index >= 15 is 0 Å². The number of nitrogens with one attached hydrogen (secondary N) is 3. The first kappa shape index (κ1) is 19.1. The number of imide groups is 1. The molecule has 3 heterocycles. The van der Waals surface area contributed by atoms with Crippen LogP contribution in [0.15, 0.2) is 18.2 Å². The highest BCUT2D eigenvalue weighted by atomic mass is 16.2. The second kappa shape index (κ2) is 8.01. The molecular weight excluding hydrogens is 356 g/mol. The molecule has 0 saturated carbocycles. The summed E-state index contributed by atoms with van der Waals surface area (Å²) in [5.41, 5.74) is 2.78. The second-order valence-corrected chi connectivity index (χ2v) is 8.09. The number of carbonyl (C=O) groups excluding carboxylic acids is 3. The quantitative estimate of drug-likeness (QED) is 0.635. The van der Waals surface area contributed by atoms with E-state index in [1.807, 2.05) is 12.1 Å². The number of rotatable bonds is 6. The van der Waals surface area contributed by atoms with Gasteiger partial charge in [0, 0.05) is 37.7 Å². The molecule has 1 aromatic carbocycles. The highest BCUT2D eigenvalue weighted by Gasteiger charge is 2.39. The average Bonchev–Trinajstić information content (AvgIpc) is 3.25. The molecule has 0 aromatic heterocycles. The minimum absolute atomic E-state index is 0.119. The van der Waals surface area contributed by atoms with Crippen LogP contribution in [0.1, 0.15) is 54.1 Å². The van der Waals surface area contributed by atoms with Crippen molar-refractivity contribution in [3.63, 3.8) is 0 Å². The summed E-state index contributed by atoms with van der Waals surface area (Å²) in [5, 5.41) is 9.47. The summed E-state index contributed by atoms with van der Waals surface area (Å²) in [6.45, 7) is 5.49. The van der Waals surface area contributed by atoms with Crippen LogP contribution in [0.3, 0.4) is 0 Å². The van der Waals surface area contributed by atoms with Gasteiger partial charge in [0.05, 0.1) is 0 Å². The highest BCUT2D eigenvalue weighted by molar-refractivity contribution is 6.05. The molecule has 0 aliphatic carbocycles. The number of nitrogens with zero attached hydrogens (tertiary/aromatic N) is 1. The van der Waals surface area contributed by atoms with Crippen molar-refractivity contribution >= 4 is 17.7 Å². The molecule has 4 rings (SSSR count). The number of hydrogen-bond donors (Lipinski definition) is 3. The lowest BCUT2D eigenvalue weighted by Gasteiger charge is -2.29. The topological polar surface area (TPSA) is 90.5 Å². The first-order valence-corrected chi connectivity index (χ1v) is 10.3. The normalized spacial score (nSPS) is 27.2. The van der Waals surface area contributed by atoms with Gasteiger partial charge in [-0.2, -0.15) is 0 Å². The van der Waals surface area contributed by atoms with E-state index in [1.54, 1.807) is 4.90 Å². The van der Waals surface area contributed by atoms with Gasteiger partial charge >= 0.3 is 0 Å². The third-order valence-electron chi connectivity index (χ3n) is 6.16. The van der Waals surface area contributed by atoms with Gasteiger partial charge in [0.2, 0.25) is 11.8 Å². The van der Waals surface area contributed by atoms with E-state index in [0.717, 1.165) is 30.8 Å². The zero-order chi connectivity index (χ0) is 19.7. The smallest absolute Gasteiger partial charge is 0.255 e. The summed E-state index contributed by atoms with van der Waals surface area (Å²) in [5.74, 6) is -0.0763. The molecule has 2 fully saturated rings. The molecule has 3 amide bonds. The van der Waals surface area contributed by atoms with Gasteiger partial charge in [0.25, 0.3) is 5.91 Å². The number of benzene rings is 1. The van der Waals surface area contributed by atoms with Gasteiger partial charge in [-0.15, -0.1) is 0 Å². The Morgan fingerprint density at radius 2 is 2.07 bits per heavy atom. The molecule has 2 saturated heterocycles. The van der Waals surface area contributed by atoms with Crippen molar-refractivity contribution in [1.29, 1.82) is 0 Å². The molecule has 3 aliphatic heterocycles. The van der Waals surface area contributed by atoms with E-state index in [4.69, 9.17) is 0 Å². The lowest BCUT2D eigenvalue weighted by atomic mass is 9.98. The fourth-order valence-corrected chi connectivity index (χ4v) is 4.63. The van der Waals surface area contributed by atoms with Crippen LogP contribution in [-0.2, 0) is 22.7 Å². The molecule has 1 aromatic rings. The van der Waals surface area contributed by atoms with Crippen LogP contribution in [0.25, 0.3) is 0 Å². The van der Waals surface area contributed by atoms with Crippen LogP contribution >= 0.6 is 0 Å². The molecular formula is C21H28N4O3. The molecule has 0 spiro atoms. The van der Waals surface area contributed by atoms with Crippen LogP contribution < -0.4 is 16.0 Å². The molecule has 7 heteroatoms. The summed E-state index contributed by atoms with van der Waals surface area (Å²) in [6.07, 6.45) is 3.10. The molecule has 7 nitrogen and oxygen atoms in total. The lowest BCUT2D eigenvalue weighted by molar-refractivity contribution is -0.136. The minimum Gasteiger partial charge on any atom is -0.322 e. The molecule has 150 valence electrons. The van der Waals surface area contributed by atoms with Crippen molar-refractivity contribution in [3.05, 3.63) is 34.9 Å². The van der Waals surface area contributed by atoms with Gasteiger partial charge in [0.15, 0.2) is 0 Å². The Morgan fingerprint density at radius 3 is 2.86 bits per heavy atom. The summed E-state index contributed by atoms with van der Waals surface area (Å²) < 4.78 is 0. The fourth-order valence-electron chi connectivity index (χ4n) is 4.63. The Balaban J connectivity index is 1.41. The van der Waals surface area contributed by atoms with Crippen LogP contribution in [0.5, 0.6) is 0 Å². The van der Waals surface area contributed by atoms with Gasteiger partial charge < -0.3 is 15.5 Å². The average molecular weight is 384 g/mol. The number of fused-ring (bicyclic) bond motifs is 1. The minimum atomic E-state index is -0.557. The molecule has 0 bridgehead atoms. The Kier molecular flexibility index (Phi) is 5.46. The van der Waals surface area contributed by atoms with Crippen LogP contribution in [0.4, 0.5) is 0 Å². The van der Waals surface area contributed by atoms with E-state index < -0.39 is 6.04 Å². The first-order valence-electron chi connectivity index (χ1n) is 10.3. The Bertz CT molecular complexity index is 794. The predicted octanol–water partition coefficient (Wildman–Crippen LogP) is 0.925. The zero-order valence-corrected chi connectivity index (χ0v) is 16.3. The van der Waals surface area contributed by atoms with Crippen molar-refractivity contribution in [2.45, 2.75) is 57.8 Å². The zero-order valence-electron chi connectivity index (χ0n) is 16.3. The molecule has 28 heavy (non-hydrogen) atoms. The standard InChI is InChI=1S/C21H28N4O3/c1-2-3-14-10-22-11-17(14)23-9-13-4-5-16-15(8-13)12-25(21(16)28)18-6-7-19(26)24-20(18)27/h4-5,8,14,17-18,22-23H,2-3,6-7,9-12H2,1H3,(H,24,26,27)/t14-,17+,18?/m1/s1. The lowest BCUT2D eigenvalue weighted by Crippen LogP contribution is -2.52. The number of carbonyl (C=O) groups is 3.